The van der Waals surface area contributed by atoms with Crippen molar-refractivity contribution in [3.63, 3.8) is 0 Å². The second-order valence-corrected chi connectivity index (χ2v) is 10.8. The highest BCUT2D eigenvalue weighted by atomic mass is 16.5. The summed E-state index contributed by atoms with van der Waals surface area (Å²) in [7, 11) is 1.76. The highest BCUT2D eigenvalue weighted by Crippen LogP contribution is 2.62. The molecule has 1 aliphatic heterocycles. The van der Waals surface area contributed by atoms with E-state index in [0.29, 0.717) is 25.2 Å². The van der Waals surface area contributed by atoms with Gasteiger partial charge in [-0.1, -0.05) is 41.3 Å². The Morgan fingerprint density at radius 1 is 1.14 bits per heavy atom. The fourth-order valence-electron chi connectivity index (χ4n) is 6.66. The molecule has 2 saturated carbocycles. The van der Waals surface area contributed by atoms with Crippen molar-refractivity contribution in [2.24, 2.45) is 26.6 Å². The molecule has 0 bridgehead atoms. The van der Waals surface area contributed by atoms with Gasteiger partial charge in [0.1, 0.15) is 12.5 Å². The molecule has 4 aliphatic rings. The van der Waals surface area contributed by atoms with Crippen LogP contribution >= 0.6 is 0 Å². The number of hydrogen-bond donors (Lipinski definition) is 0. The Bertz CT molecular complexity index is 1140. The number of fused-ring (bicyclic) bond motifs is 3. The van der Waals surface area contributed by atoms with Gasteiger partial charge in [0.15, 0.2) is 5.54 Å². The summed E-state index contributed by atoms with van der Waals surface area (Å²) >= 11 is 0. The van der Waals surface area contributed by atoms with E-state index in [2.05, 4.69) is 38.3 Å². The van der Waals surface area contributed by atoms with E-state index in [4.69, 9.17) is 20.8 Å². The molecule has 10 nitrogen and oxygen atoms in total. The summed E-state index contributed by atoms with van der Waals surface area (Å²) in [5, 5.41) is 7.39. The van der Waals surface area contributed by atoms with E-state index in [9.17, 15) is 4.79 Å². The summed E-state index contributed by atoms with van der Waals surface area (Å²) in [5.41, 5.74) is 19.9. The third kappa shape index (κ3) is 4.23. The molecule has 3 aliphatic carbocycles. The number of azide groups is 2. The first-order chi connectivity index (χ1) is 17.6. The highest BCUT2D eigenvalue weighted by molar-refractivity contribution is 6.09. The van der Waals surface area contributed by atoms with E-state index in [1.807, 2.05) is 0 Å². The summed E-state index contributed by atoms with van der Waals surface area (Å²) in [6.45, 7) is 0.250. The number of hydrogen-bond acceptors (Lipinski definition) is 5. The number of benzene rings is 1. The van der Waals surface area contributed by atoms with Gasteiger partial charge < -0.3 is 4.74 Å². The number of amidine groups is 1. The zero-order valence-corrected chi connectivity index (χ0v) is 21.0. The molecule has 1 amide bonds. The van der Waals surface area contributed by atoms with Crippen molar-refractivity contribution < 1.29 is 9.53 Å². The molecule has 1 heterocycles. The molecule has 1 aromatic rings. The predicted octanol–water partition coefficient (Wildman–Crippen LogP) is 5.96. The molecule has 0 radical (unpaired) electrons. The number of carbonyl (C=O) groups is 1. The predicted molar refractivity (Wildman–Crippen MR) is 136 cm³/mol. The summed E-state index contributed by atoms with van der Waals surface area (Å²) in [6, 6.07) is 6.69. The Hall–Kier alpha value is -3.06. The minimum Gasteiger partial charge on any atom is -0.381 e. The first-order valence-corrected chi connectivity index (χ1v) is 13.1. The lowest BCUT2D eigenvalue weighted by Crippen LogP contribution is -2.51. The lowest BCUT2D eigenvalue weighted by molar-refractivity contribution is -0.138. The number of aryl methyl sites for hydroxylation is 1. The Kier molecular flexibility index (Phi) is 6.93. The molecule has 2 fully saturated rings. The number of methoxy groups -OCH3 is 1. The van der Waals surface area contributed by atoms with Crippen LogP contribution in [0.1, 0.15) is 74.5 Å². The third-order valence-electron chi connectivity index (χ3n) is 8.77. The van der Waals surface area contributed by atoms with Gasteiger partial charge in [0, 0.05) is 35.3 Å². The van der Waals surface area contributed by atoms with Gasteiger partial charge in [0.05, 0.1) is 6.10 Å². The minimum atomic E-state index is -1.00. The quantitative estimate of drug-likeness (QED) is 0.173. The second-order valence-electron chi connectivity index (χ2n) is 10.8. The zero-order valence-electron chi connectivity index (χ0n) is 21.0. The molecule has 1 aromatic carbocycles. The van der Waals surface area contributed by atoms with Crippen LogP contribution in [0.3, 0.4) is 0 Å². The second kappa shape index (κ2) is 10.1. The molecule has 190 valence electrons. The molecule has 5 rings (SSSR count). The summed E-state index contributed by atoms with van der Waals surface area (Å²) in [5.74, 6) is 1.39. The number of ether oxygens (including phenoxy) is 1. The molecular formula is C26H34N8O2. The van der Waals surface area contributed by atoms with Gasteiger partial charge in [-0.15, -0.1) is 0 Å². The van der Waals surface area contributed by atoms with Crippen molar-refractivity contribution in [2.75, 3.05) is 20.3 Å². The number of carbonyl (C=O) groups excluding carboxylic acids is 1. The van der Waals surface area contributed by atoms with Gasteiger partial charge in [-0.25, -0.2) is 0 Å². The van der Waals surface area contributed by atoms with Gasteiger partial charge in [0.25, 0.3) is 5.91 Å². The van der Waals surface area contributed by atoms with E-state index in [-0.39, 0.29) is 24.1 Å². The molecule has 1 atom stereocenters. The van der Waals surface area contributed by atoms with Gasteiger partial charge in [0.2, 0.25) is 0 Å². The van der Waals surface area contributed by atoms with Crippen LogP contribution in [0, 0.1) is 11.3 Å². The topological polar surface area (TPSA) is 139 Å². The molecule has 0 saturated heterocycles. The maximum atomic E-state index is 14.4. The average molecular weight is 491 g/mol. The standard InChI is InChI=1S/C26H34N8O2/c1-36-21-10-12-25(13-11-21)16-20-9-8-19(7-6-18-4-5-18)15-22(20)26(25)24(35)34(17-30-33-28)23(31-26)3-2-14-29-32-27/h8-9,15,18,21H,2-7,10-14,16-17H2,1H3. The Morgan fingerprint density at radius 3 is 2.61 bits per heavy atom. The molecule has 10 heteroatoms. The van der Waals surface area contributed by atoms with Crippen molar-refractivity contribution >= 4 is 11.7 Å². The van der Waals surface area contributed by atoms with Crippen molar-refractivity contribution in [2.45, 2.75) is 82.3 Å². The number of rotatable bonds is 10. The SMILES string of the molecule is COC1CCC2(CC1)Cc1ccc(CCC3CC3)cc1C21N=C(CCCN=[N+]=[N-])N(CN=[N+]=[N-])C1=O. The average Bonchev–Trinajstić information content (AvgIpc) is 3.64. The van der Waals surface area contributed by atoms with Crippen LogP contribution in [0.4, 0.5) is 0 Å². The van der Waals surface area contributed by atoms with E-state index in [0.717, 1.165) is 50.0 Å². The van der Waals surface area contributed by atoms with Gasteiger partial charge in [-0.3, -0.25) is 14.7 Å². The van der Waals surface area contributed by atoms with Crippen LogP contribution in [-0.4, -0.2) is 43.1 Å². The number of aliphatic imine (C=N–C) groups is 1. The number of nitrogens with zero attached hydrogens (tertiary/aromatic N) is 8. The Morgan fingerprint density at radius 2 is 1.92 bits per heavy atom. The van der Waals surface area contributed by atoms with E-state index < -0.39 is 5.54 Å². The van der Waals surface area contributed by atoms with Crippen LogP contribution in [0.25, 0.3) is 20.9 Å². The molecule has 36 heavy (non-hydrogen) atoms. The van der Waals surface area contributed by atoms with Crippen molar-refractivity contribution in [3.8, 4) is 0 Å². The van der Waals surface area contributed by atoms with Gasteiger partial charge >= 0.3 is 0 Å². The van der Waals surface area contributed by atoms with E-state index in [1.165, 1.54) is 30.4 Å². The molecular weight excluding hydrogens is 456 g/mol. The zero-order chi connectivity index (χ0) is 25.2. The van der Waals surface area contributed by atoms with E-state index >= 15 is 0 Å². The molecule has 0 aromatic heterocycles. The maximum Gasteiger partial charge on any atom is 0.261 e. The fraction of sp³-hybridized carbons (Fsp3) is 0.692. The number of amides is 1. The van der Waals surface area contributed by atoms with Crippen LogP contribution < -0.4 is 0 Å². The van der Waals surface area contributed by atoms with Crippen molar-refractivity contribution in [1.82, 2.24) is 4.90 Å². The Balaban J connectivity index is 1.57. The lowest BCUT2D eigenvalue weighted by atomic mass is 9.61. The van der Waals surface area contributed by atoms with Gasteiger partial charge in [-0.05, 0) is 85.0 Å². The van der Waals surface area contributed by atoms with Crippen LogP contribution in [0.2, 0.25) is 0 Å². The highest BCUT2D eigenvalue weighted by Gasteiger charge is 2.66. The Labute approximate surface area is 211 Å². The smallest absolute Gasteiger partial charge is 0.261 e. The van der Waals surface area contributed by atoms with Crippen LogP contribution in [0.5, 0.6) is 0 Å². The van der Waals surface area contributed by atoms with Crippen LogP contribution in [0.15, 0.2) is 33.4 Å². The first kappa shape index (κ1) is 24.6. The summed E-state index contributed by atoms with van der Waals surface area (Å²) in [6.07, 6.45) is 10.5. The maximum absolute atomic E-state index is 14.4. The summed E-state index contributed by atoms with van der Waals surface area (Å²) in [4.78, 5) is 27.0. The van der Waals surface area contributed by atoms with Crippen LogP contribution in [-0.2, 0) is 27.9 Å². The molecule has 1 unspecified atom stereocenters. The van der Waals surface area contributed by atoms with Crippen molar-refractivity contribution in [3.05, 3.63) is 55.8 Å². The normalized spacial score (nSPS) is 28.7. The fourth-order valence-corrected chi connectivity index (χ4v) is 6.66. The van der Waals surface area contributed by atoms with E-state index in [1.54, 1.807) is 12.0 Å². The lowest BCUT2D eigenvalue weighted by Gasteiger charge is -2.45. The molecule has 2 spiro atoms. The first-order valence-electron chi connectivity index (χ1n) is 13.1. The van der Waals surface area contributed by atoms with Crippen molar-refractivity contribution in [1.29, 1.82) is 0 Å². The van der Waals surface area contributed by atoms with Gasteiger partial charge in [-0.2, -0.15) is 0 Å². The largest absolute Gasteiger partial charge is 0.381 e. The monoisotopic (exact) mass is 490 g/mol. The molecule has 0 N–H and O–H groups in total. The third-order valence-corrected chi connectivity index (χ3v) is 8.77. The summed E-state index contributed by atoms with van der Waals surface area (Å²) < 4.78 is 5.67. The minimum absolute atomic E-state index is 0.0785.